The molecule has 0 bridgehead atoms. The number of ether oxygens (including phenoxy) is 1. The second-order valence-electron chi connectivity index (χ2n) is 8.56. The smallest absolute Gasteiger partial charge is 0.251 e. The third-order valence-corrected chi connectivity index (χ3v) is 5.94. The largest absolute Gasteiger partial charge is 0.487 e. The number of hydrogen-bond donors (Lipinski definition) is 3. The number of rotatable bonds is 9. The highest BCUT2D eigenvalue weighted by atomic mass is 16.5. The Bertz CT molecular complexity index is 1080. The van der Waals surface area contributed by atoms with Crippen molar-refractivity contribution in [3.8, 4) is 5.75 Å². The van der Waals surface area contributed by atoms with Crippen molar-refractivity contribution in [3.63, 3.8) is 0 Å². The first-order valence-corrected chi connectivity index (χ1v) is 11.9. The third kappa shape index (κ3) is 6.85. The van der Waals surface area contributed by atoms with E-state index >= 15 is 0 Å². The van der Waals surface area contributed by atoms with E-state index in [4.69, 9.17) is 4.74 Å². The molecule has 0 aliphatic heterocycles. The maximum absolute atomic E-state index is 12.5. The predicted molar refractivity (Wildman–Crippen MR) is 135 cm³/mol. The lowest BCUT2D eigenvalue weighted by Crippen LogP contribution is -2.36. The lowest BCUT2D eigenvalue weighted by atomic mass is 9.95. The Balaban J connectivity index is 1.26. The molecule has 1 fully saturated rings. The van der Waals surface area contributed by atoms with E-state index < -0.39 is 0 Å². The summed E-state index contributed by atoms with van der Waals surface area (Å²) in [6.07, 6.45) is 5.73. The average molecular weight is 458 g/mol. The molecule has 0 unspecified atom stereocenters. The molecule has 176 valence electrons. The van der Waals surface area contributed by atoms with E-state index in [9.17, 15) is 9.59 Å². The summed E-state index contributed by atoms with van der Waals surface area (Å²) in [5.41, 5.74) is 3.09. The summed E-state index contributed by atoms with van der Waals surface area (Å²) in [7, 11) is 0. The second kappa shape index (κ2) is 11.9. The summed E-state index contributed by atoms with van der Waals surface area (Å²) in [5, 5.41) is 9.13. The number of para-hydroxylation sites is 2. The van der Waals surface area contributed by atoms with E-state index in [0.717, 1.165) is 24.1 Å². The van der Waals surface area contributed by atoms with Crippen LogP contribution in [0.5, 0.6) is 5.75 Å². The van der Waals surface area contributed by atoms with Crippen LogP contribution in [0.15, 0.2) is 78.9 Å². The van der Waals surface area contributed by atoms with Gasteiger partial charge in [-0.3, -0.25) is 9.59 Å². The van der Waals surface area contributed by atoms with Crippen LogP contribution in [0.3, 0.4) is 0 Å². The van der Waals surface area contributed by atoms with Crippen LogP contribution >= 0.6 is 0 Å². The topological polar surface area (TPSA) is 79.5 Å². The van der Waals surface area contributed by atoms with Crippen molar-refractivity contribution in [2.75, 3.05) is 17.2 Å². The van der Waals surface area contributed by atoms with Gasteiger partial charge in [0.1, 0.15) is 12.4 Å². The van der Waals surface area contributed by atoms with Crippen LogP contribution in [0.2, 0.25) is 0 Å². The van der Waals surface area contributed by atoms with Crippen LogP contribution in [0.1, 0.15) is 48.0 Å². The van der Waals surface area contributed by atoms with Crippen LogP contribution in [-0.2, 0) is 11.4 Å². The maximum Gasteiger partial charge on any atom is 0.251 e. The highest BCUT2D eigenvalue weighted by Gasteiger charge is 2.16. The van der Waals surface area contributed by atoms with Crippen molar-refractivity contribution >= 4 is 23.2 Å². The van der Waals surface area contributed by atoms with Gasteiger partial charge in [-0.2, -0.15) is 0 Å². The predicted octanol–water partition coefficient (Wildman–Crippen LogP) is 5.38. The van der Waals surface area contributed by atoms with Crippen LogP contribution in [0, 0.1) is 0 Å². The van der Waals surface area contributed by atoms with Crippen LogP contribution in [0.25, 0.3) is 0 Å². The van der Waals surface area contributed by atoms with Gasteiger partial charge in [-0.1, -0.05) is 61.7 Å². The van der Waals surface area contributed by atoms with E-state index in [-0.39, 0.29) is 24.4 Å². The molecular formula is C28H31N3O3. The molecule has 0 spiro atoms. The van der Waals surface area contributed by atoms with E-state index in [2.05, 4.69) is 16.0 Å². The Morgan fingerprint density at radius 3 is 2.29 bits per heavy atom. The van der Waals surface area contributed by atoms with Crippen LogP contribution < -0.4 is 20.7 Å². The van der Waals surface area contributed by atoms with E-state index in [1.165, 1.54) is 19.3 Å². The van der Waals surface area contributed by atoms with Gasteiger partial charge in [0, 0.05) is 17.3 Å². The first-order valence-electron chi connectivity index (χ1n) is 11.9. The molecule has 3 aromatic rings. The van der Waals surface area contributed by atoms with E-state index in [1.807, 2.05) is 66.7 Å². The highest BCUT2D eigenvalue weighted by molar-refractivity contribution is 5.96. The monoisotopic (exact) mass is 457 g/mol. The number of amides is 2. The van der Waals surface area contributed by atoms with Crippen LogP contribution in [0.4, 0.5) is 11.4 Å². The molecule has 0 radical (unpaired) electrons. The van der Waals surface area contributed by atoms with Gasteiger partial charge in [0.2, 0.25) is 5.91 Å². The number of nitrogens with one attached hydrogen (secondary N) is 3. The molecule has 0 saturated heterocycles. The number of benzene rings is 3. The summed E-state index contributed by atoms with van der Waals surface area (Å²) < 4.78 is 5.90. The van der Waals surface area contributed by atoms with Crippen molar-refractivity contribution in [2.24, 2.45) is 0 Å². The van der Waals surface area contributed by atoms with Gasteiger partial charge in [0.25, 0.3) is 5.91 Å². The standard InChI is InChI=1S/C28H31N3O3/c32-27(31-25-13-7-8-14-26(25)34-20-21-9-3-1-4-10-21)19-29-23-17-15-22(16-18-23)28(33)30-24-11-5-2-6-12-24/h1,3-4,7-10,13-18,24,29H,2,5-6,11-12,19-20H2,(H,30,33)(H,31,32). The van der Waals surface area contributed by atoms with Crippen molar-refractivity contribution in [2.45, 2.75) is 44.8 Å². The molecular weight excluding hydrogens is 426 g/mol. The van der Waals surface area contributed by atoms with Crippen molar-refractivity contribution in [3.05, 3.63) is 90.0 Å². The molecule has 1 aliphatic rings. The zero-order valence-electron chi connectivity index (χ0n) is 19.3. The number of carbonyl (C=O) groups excluding carboxylic acids is 2. The first kappa shape index (κ1) is 23.4. The average Bonchev–Trinajstić information content (AvgIpc) is 2.88. The van der Waals surface area contributed by atoms with Gasteiger partial charge < -0.3 is 20.7 Å². The first-order chi connectivity index (χ1) is 16.7. The molecule has 34 heavy (non-hydrogen) atoms. The fraction of sp³-hybridized carbons (Fsp3) is 0.286. The molecule has 2 amide bonds. The van der Waals surface area contributed by atoms with Crippen molar-refractivity contribution in [1.82, 2.24) is 5.32 Å². The summed E-state index contributed by atoms with van der Waals surface area (Å²) in [5.74, 6) is 0.395. The third-order valence-electron chi connectivity index (χ3n) is 5.94. The molecule has 0 heterocycles. The molecule has 6 nitrogen and oxygen atoms in total. The molecule has 0 aromatic heterocycles. The number of anilines is 2. The Morgan fingerprint density at radius 1 is 0.824 bits per heavy atom. The SMILES string of the molecule is O=C(CNc1ccc(C(=O)NC2CCCCC2)cc1)Nc1ccccc1OCc1ccccc1. The number of hydrogen-bond acceptors (Lipinski definition) is 4. The Kier molecular flexibility index (Phi) is 8.17. The second-order valence-corrected chi connectivity index (χ2v) is 8.56. The Hall–Kier alpha value is -3.80. The summed E-state index contributed by atoms with van der Waals surface area (Å²) in [4.78, 5) is 25.0. The molecule has 0 atom stereocenters. The minimum atomic E-state index is -0.185. The Labute approximate surface area is 200 Å². The molecule has 1 aliphatic carbocycles. The summed E-state index contributed by atoms with van der Waals surface area (Å²) >= 11 is 0. The minimum Gasteiger partial charge on any atom is -0.487 e. The van der Waals surface area contributed by atoms with Gasteiger partial charge in [-0.15, -0.1) is 0 Å². The zero-order chi connectivity index (χ0) is 23.6. The van der Waals surface area contributed by atoms with E-state index in [0.29, 0.717) is 23.6 Å². The quantitative estimate of drug-likeness (QED) is 0.403. The molecule has 4 rings (SSSR count). The Morgan fingerprint density at radius 2 is 1.53 bits per heavy atom. The van der Waals surface area contributed by atoms with Gasteiger partial charge >= 0.3 is 0 Å². The molecule has 3 aromatic carbocycles. The van der Waals surface area contributed by atoms with Crippen molar-refractivity contribution in [1.29, 1.82) is 0 Å². The fourth-order valence-electron chi connectivity index (χ4n) is 4.06. The fourth-order valence-corrected chi connectivity index (χ4v) is 4.06. The van der Waals surface area contributed by atoms with Gasteiger partial charge in [-0.25, -0.2) is 0 Å². The molecule has 6 heteroatoms. The maximum atomic E-state index is 12.5. The normalized spacial score (nSPS) is 13.6. The summed E-state index contributed by atoms with van der Waals surface area (Å²) in [6.45, 7) is 0.521. The van der Waals surface area contributed by atoms with Crippen molar-refractivity contribution < 1.29 is 14.3 Å². The molecule has 1 saturated carbocycles. The van der Waals surface area contributed by atoms with Gasteiger partial charge in [-0.05, 0) is 54.8 Å². The lowest BCUT2D eigenvalue weighted by molar-refractivity contribution is -0.114. The lowest BCUT2D eigenvalue weighted by Gasteiger charge is -2.22. The van der Waals surface area contributed by atoms with E-state index in [1.54, 1.807) is 12.1 Å². The number of carbonyl (C=O) groups is 2. The summed E-state index contributed by atoms with van der Waals surface area (Å²) in [6, 6.07) is 24.8. The molecule has 3 N–H and O–H groups in total. The van der Waals surface area contributed by atoms with Crippen LogP contribution in [-0.4, -0.2) is 24.4 Å². The minimum absolute atomic E-state index is 0.0386. The highest BCUT2D eigenvalue weighted by Crippen LogP contribution is 2.25. The van der Waals surface area contributed by atoms with Gasteiger partial charge in [0.05, 0.1) is 12.2 Å². The zero-order valence-corrected chi connectivity index (χ0v) is 19.3. The van der Waals surface area contributed by atoms with Gasteiger partial charge in [0.15, 0.2) is 0 Å².